The van der Waals surface area contributed by atoms with Gasteiger partial charge in [0, 0.05) is 36.4 Å². The van der Waals surface area contributed by atoms with Gasteiger partial charge in [0.1, 0.15) is 5.82 Å². The Morgan fingerprint density at radius 3 is 2.50 bits per heavy atom. The number of halogens is 1. The number of thiophene rings is 1. The summed E-state index contributed by atoms with van der Waals surface area (Å²) >= 11 is 1.72. The standard InChI is InChI=1S/C22H25FN2O2S/c1-15-2-7-18-19(14-28-20(18)12-15)22(27)25-10-8-24(9-11-25)21(26)13-16-3-5-17(23)6-4-16/h3-6,14-15H,2,7-13H2,1H3. The summed E-state index contributed by atoms with van der Waals surface area (Å²) in [5, 5.41) is 2.02. The Balaban J connectivity index is 1.34. The zero-order valence-corrected chi connectivity index (χ0v) is 16.9. The largest absolute Gasteiger partial charge is 0.339 e. The molecular weight excluding hydrogens is 375 g/mol. The Kier molecular flexibility index (Phi) is 5.49. The molecule has 0 N–H and O–H groups in total. The van der Waals surface area contributed by atoms with Gasteiger partial charge in [0.2, 0.25) is 5.91 Å². The molecule has 1 aromatic heterocycles. The van der Waals surface area contributed by atoms with E-state index in [1.165, 1.54) is 22.6 Å². The maximum Gasteiger partial charge on any atom is 0.255 e. The zero-order chi connectivity index (χ0) is 19.7. The van der Waals surface area contributed by atoms with Crippen LogP contribution in [-0.4, -0.2) is 47.8 Å². The van der Waals surface area contributed by atoms with Gasteiger partial charge in [0.25, 0.3) is 5.91 Å². The Morgan fingerprint density at radius 1 is 1.11 bits per heavy atom. The van der Waals surface area contributed by atoms with Crippen LogP contribution in [-0.2, 0) is 24.1 Å². The van der Waals surface area contributed by atoms with E-state index >= 15 is 0 Å². The van der Waals surface area contributed by atoms with Crippen LogP contribution in [0.2, 0.25) is 0 Å². The van der Waals surface area contributed by atoms with E-state index in [-0.39, 0.29) is 24.1 Å². The monoisotopic (exact) mass is 400 g/mol. The van der Waals surface area contributed by atoms with Crippen molar-refractivity contribution in [2.75, 3.05) is 26.2 Å². The number of fused-ring (bicyclic) bond motifs is 1. The highest BCUT2D eigenvalue weighted by Crippen LogP contribution is 2.33. The van der Waals surface area contributed by atoms with Crippen molar-refractivity contribution in [3.63, 3.8) is 0 Å². The Morgan fingerprint density at radius 2 is 1.79 bits per heavy atom. The Labute approximate surface area is 169 Å². The first-order chi connectivity index (χ1) is 13.5. The predicted octanol–water partition coefficient (Wildman–Crippen LogP) is 3.54. The molecule has 6 heteroatoms. The van der Waals surface area contributed by atoms with E-state index < -0.39 is 0 Å². The summed E-state index contributed by atoms with van der Waals surface area (Å²) in [5.74, 6) is 0.538. The van der Waals surface area contributed by atoms with Crippen LogP contribution in [0.3, 0.4) is 0 Å². The quantitative estimate of drug-likeness (QED) is 0.791. The maximum absolute atomic E-state index is 13.0. The van der Waals surface area contributed by atoms with Crippen LogP contribution in [0.25, 0.3) is 0 Å². The molecule has 4 nitrogen and oxygen atoms in total. The molecule has 2 heterocycles. The highest BCUT2D eigenvalue weighted by molar-refractivity contribution is 7.10. The second kappa shape index (κ2) is 8.03. The van der Waals surface area contributed by atoms with Crippen molar-refractivity contribution in [3.8, 4) is 0 Å². The number of rotatable bonds is 3. The van der Waals surface area contributed by atoms with Crippen molar-refractivity contribution in [1.29, 1.82) is 0 Å². The molecule has 1 aliphatic heterocycles. The molecule has 1 unspecified atom stereocenters. The topological polar surface area (TPSA) is 40.6 Å². The minimum Gasteiger partial charge on any atom is -0.339 e. The van der Waals surface area contributed by atoms with Gasteiger partial charge in [-0.1, -0.05) is 19.1 Å². The van der Waals surface area contributed by atoms with Gasteiger partial charge in [-0.25, -0.2) is 4.39 Å². The van der Waals surface area contributed by atoms with Crippen molar-refractivity contribution in [2.45, 2.75) is 32.6 Å². The van der Waals surface area contributed by atoms with Gasteiger partial charge >= 0.3 is 0 Å². The lowest BCUT2D eigenvalue weighted by atomic mass is 9.88. The number of amides is 2. The highest BCUT2D eigenvalue weighted by atomic mass is 32.1. The number of carbonyl (C=O) groups is 2. The molecule has 1 atom stereocenters. The van der Waals surface area contributed by atoms with Crippen LogP contribution in [0.4, 0.5) is 4.39 Å². The molecule has 2 amide bonds. The number of hydrogen-bond acceptors (Lipinski definition) is 3. The number of piperazine rings is 1. The first kappa shape index (κ1) is 19.1. The van der Waals surface area contributed by atoms with Crippen LogP contribution in [0.1, 0.15) is 39.7 Å². The Hall–Kier alpha value is -2.21. The fraction of sp³-hybridized carbons (Fsp3) is 0.455. The third kappa shape index (κ3) is 3.97. The summed E-state index contributed by atoms with van der Waals surface area (Å²) in [6, 6.07) is 6.05. The van der Waals surface area contributed by atoms with E-state index in [1.807, 2.05) is 10.3 Å². The third-order valence-electron chi connectivity index (χ3n) is 5.82. The van der Waals surface area contributed by atoms with Gasteiger partial charge in [-0.2, -0.15) is 0 Å². The fourth-order valence-electron chi connectivity index (χ4n) is 4.07. The summed E-state index contributed by atoms with van der Waals surface area (Å²) in [5.41, 5.74) is 2.94. The Bertz CT molecular complexity index is 869. The van der Waals surface area contributed by atoms with Crippen molar-refractivity contribution < 1.29 is 14.0 Å². The van der Waals surface area contributed by atoms with E-state index in [4.69, 9.17) is 0 Å². The molecule has 2 aromatic rings. The average molecular weight is 401 g/mol. The number of carbonyl (C=O) groups excluding carboxylic acids is 2. The van der Waals surface area contributed by atoms with Crippen molar-refractivity contribution in [3.05, 3.63) is 57.0 Å². The van der Waals surface area contributed by atoms with Crippen molar-refractivity contribution in [1.82, 2.24) is 9.80 Å². The SMILES string of the molecule is CC1CCc2c(C(=O)N3CCN(C(=O)Cc4ccc(F)cc4)CC3)csc2C1. The minimum absolute atomic E-state index is 0.0283. The molecule has 1 aliphatic carbocycles. The third-order valence-corrected chi connectivity index (χ3v) is 6.87. The molecule has 28 heavy (non-hydrogen) atoms. The lowest BCUT2D eigenvalue weighted by molar-refractivity contribution is -0.131. The second-order valence-corrected chi connectivity index (χ2v) is 8.84. The van der Waals surface area contributed by atoms with Gasteiger partial charge in [-0.05, 0) is 48.4 Å². The van der Waals surface area contributed by atoms with E-state index in [0.717, 1.165) is 30.4 Å². The molecule has 1 aromatic carbocycles. The molecule has 0 spiro atoms. The molecule has 0 radical (unpaired) electrons. The molecule has 0 saturated carbocycles. The maximum atomic E-state index is 13.0. The number of hydrogen-bond donors (Lipinski definition) is 0. The average Bonchev–Trinajstić information content (AvgIpc) is 3.12. The summed E-state index contributed by atoms with van der Waals surface area (Å²) in [6.07, 6.45) is 3.50. The van der Waals surface area contributed by atoms with Gasteiger partial charge in [-0.15, -0.1) is 11.3 Å². The molecular formula is C22H25FN2O2S. The van der Waals surface area contributed by atoms with E-state index in [9.17, 15) is 14.0 Å². The van der Waals surface area contributed by atoms with Gasteiger partial charge < -0.3 is 9.80 Å². The van der Waals surface area contributed by atoms with Gasteiger partial charge in [0.15, 0.2) is 0 Å². The lowest BCUT2D eigenvalue weighted by Crippen LogP contribution is -2.51. The van der Waals surface area contributed by atoms with E-state index in [0.29, 0.717) is 32.1 Å². The van der Waals surface area contributed by atoms with Gasteiger partial charge in [0.05, 0.1) is 12.0 Å². The van der Waals surface area contributed by atoms with Crippen LogP contribution in [0.5, 0.6) is 0 Å². The summed E-state index contributed by atoms with van der Waals surface area (Å²) < 4.78 is 13.0. The zero-order valence-electron chi connectivity index (χ0n) is 16.1. The number of benzene rings is 1. The molecule has 1 saturated heterocycles. The number of nitrogens with zero attached hydrogens (tertiary/aromatic N) is 2. The summed E-state index contributed by atoms with van der Waals surface area (Å²) in [7, 11) is 0. The molecule has 0 bridgehead atoms. The highest BCUT2D eigenvalue weighted by Gasteiger charge is 2.29. The van der Waals surface area contributed by atoms with Crippen molar-refractivity contribution >= 4 is 23.2 Å². The molecule has 2 aliphatic rings. The fourth-order valence-corrected chi connectivity index (χ4v) is 5.31. The normalized spacial score (nSPS) is 19.4. The smallest absolute Gasteiger partial charge is 0.255 e. The minimum atomic E-state index is -0.298. The first-order valence-electron chi connectivity index (χ1n) is 9.92. The van der Waals surface area contributed by atoms with E-state index in [2.05, 4.69) is 6.92 Å². The van der Waals surface area contributed by atoms with Crippen LogP contribution in [0.15, 0.2) is 29.6 Å². The summed E-state index contributed by atoms with van der Waals surface area (Å²) in [4.78, 5) is 30.6. The first-order valence-corrected chi connectivity index (χ1v) is 10.8. The van der Waals surface area contributed by atoms with Crippen LogP contribution in [0, 0.1) is 11.7 Å². The molecule has 1 fully saturated rings. The second-order valence-electron chi connectivity index (χ2n) is 7.88. The van der Waals surface area contributed by atoms with E-state index in [1.54, 1.807) is 28.4 Å². The van der Waals surface area contributed by atoms with Crippen LogP contribution < -0.4 is 0 Å². The predicted molar refractivity (Wildman–Crippen MR) is 108 cm³/mol. The lowest BCUT2D eigenvalue weighted by Gasteiger charge is -2.35. The van der Waals surface area contributed by atoms with Crippen molar-refractivity contribution in [2.24, 2.45) is 5.92 Å². The molecule has 148 valence electrons. The summed E-state index contributed by atoms with van der Waals surface area (Å²) in [6.45, 7) is 4.50. The van der Waals surface area contributed by atoms with Gasteiger partial charge in [-0.3, -0.25) is 9.59 Å². The molecule has 4 rings (SSSR count). The van der Waals surface area contributed by atoms with Crippen LogP contribution >= 0.6 is 11.3 Å².